The summed E-state index contributed by atoms with van der Waals surface area (Å²) in [5, 5.41) is 0. The van der Waals surface area contributed by atoms with Gasteiger partial charge >= 0.3 is 0 Å². The highest BCUT2D eigenvalue weighted by Crippen LogP contribution is 2.23. The first-order chi connectivity index (χ1) is 7.45. The van der Waals surface area contributed by atoms with Crippen LogP contribution in [-0.4, -0.2) is 12.6 Å². The molecule has 2 heterocycles. The SMILES string of the molecule is C1CCCCC[C@H]2OO[C@H](CCCC1)O2. The maximum Gasteiger partial charge on any atom is 0.194 e. The Labute approximate surface area is 92.0 Å². The van der Waals surface area contributed by atoms with Crippen LogP contribution in [0.5, 0.6) is 0 Å². The van der Waals surface area contributed by atoms with Crippen molar-refractivity contribution in [1.82, 2.24) is 0 Å². The summed E-state index contributed by atoms with van der Waals surface area (Å²) in [6.07, 6.45) is 12.3. The van der Waals surface area contributed by atoms with E-state index in [1.165, 1.54) is 51.4 Å². The number of hydrogen-bond acceptors (Lipinski definition) is 3. The van der Waals surface area contributed by atoms with Crippen LogP contribution >= 0.6 is 0 Å². The van der Waals surface area contributed by atoms with Gasteiger partial charge in [0.05, 0.1) is 0 Å². The molecule has 2 fully saturated rings. The van der Waals surface area contributed by atoms with Crippen LogP contribution in [0.25, 0.3) is 0 Å². The maximum absolute atomic E-state index is 5.63. The number of hydrogen-bond donors (Lipinski definition) is 0. The molecule has 15 heavy (non-hydrogen) atoms. The van der Waals surface area contributed by atoms with Gasteiger partial charge in [0.15, 0.2) is 12.6 Å². The lowest BCUT2D eigenvalue weighted by Gasteiger charge is -2.06. The van der Waals surface area contributed by atoms with E-state index in [0.29, 0.717) is 0 Å². The van der Waals surface area contributed by atoms with E-state index in [1.54, 1.807) is 0 Å². The lowest BCUT2D eigenvalue weighted by atomic mass is 10.1. The second-order valence-electron chi connectivity index (χ2n) is 4.59. The van der Waals surface area contributed by atoms with Crippen molar-refractivity contribution in [2.75, 3.05) is 0 Å². The Morgan fingerprint density at radius 2 is 0.933 bits per heavy atom. The van der Waals surface area contributed by atoms with Gasteiger partial charge in [-0.05, 0) is 12.8 Å². The van der Waals surface area contributed by atoms with Gasteiger partial charge in [0.25, 0.3) is 0 Å². The molecule has 3 heteroatoms. The van der Waals surface area contributed by atoms with Crippen molar-refractivity contribution in [3.05, 3.63) is 0 Å². The smallest absolute Gasteiger partial charge is 0.194 e. The topological polar surface area (TPSA) is 27.7 Å². The van der Waals surface area contributed by atoms with E-state index in [9.17, 15) is 0 Å². The standard InChI is InChI=1S/C12H22O3/c1-2-4-6-8-10-12-13-11(14-15-12)9-7-5-3-1/h11-12H,1-10H2/t11-,12-/m1/s1. The molecule has 88 valence electrons. The molecule has 2 aliphatic heterocycles. The van der Waals surface area contributed by atoms with Crippen LogP contribution in [0.3, 0.4) is 0 Å². The van der Waals surface area contributed by atoms with Gasteiger partial charge in [-0.1, -0.05) is 38.5 Å². The van der Waals surface area contributed by atoms with Crippen molar-refractivity contribution in [2.45, 2.75) is 76.8 Å². The van der Waals surface area contributed by atoms with Crippen molar-refractivity contribution >= 4 is 0 Å². The van der Waals surface area contributed by atoms with E-state index >= 15 is 0 Å². The van der Waals surface area contributed by atoms with Crippen molar-refractivity contribution in [2.24, 2.45) is 0 Å². The molecule has 2 atom stereocenters. The third kappa shape index (κ3) is 4.09. The van der Waals surface area contributed by atoms with Gasteiger partial charge < -0.3 is 4.74 Å². The summed E-state index contributed by atoms with van der Waals surface area (Å²) in [5.41, 5.74) is 0. The molecule has 3 nitrogen and oxygen atoms in total. The monoisotopic (exact) mass is 214 g/mol. The fourth-order valence-corrected chi connectivity index (χ4v) is 2.25. The second kappa shape index (κ2) is 6.46. The predicted octanol–water partition coefficient (Wildman–Crippen LogP) is 3.53. The minimum absolute atomic E-state index is 0.101. The molecule has 2 saturated heterocycles. The van der Waals surface area contributed by atoms with E-state index in [-0.39, 0.29) is 12.6 Å². The Morgan fingerprint density at radius 1 is 0.533 bits per heavy atom. The van der Waals surface area contributed by atoms with Crippen molar-refractivity contribution in [3.63, 3.8) is 0 Å². The van der Waals surface area contributed by atoms with Gasteiger partial charge in [0.1, 0.15) is 0 Å². The molecule has 0 saturated carbocycles. The molecule has 0 N–H and O–H groups in total. The van der Waals surface area contributed by atoms with Crippen molar-refractivity contribution < 1.29 is 14.5 Å². The van der Waals surface area contributed by atoms with Gasteiger partial charge in [-0.25, -0.2) is 9.78 Å². The number of fused-ring (bicyclic) bond motifs is 2. The largest absolute Gasteiger partial charge is 0.318 e. The first kappa shape index (κ1) is 11.4. The second-order valence-corrected chi connectivity index (χ2v) is 4.59. The fraction of sp³-hybridized carbons (Fsp3) is 1.00. The Balaban J connectivity index is 1.73. The van der Waals surface area contributed by atoms with Crippen LogP contribution in [0, 0.1) is 0 Å². The van der Waals surface area contributed by atoms with Gasteiger partial charge in [-0.15, -0.1) is 0 Å². The molecule has 0 unspecified atom stereocenters. The first-order valence-corrected chi connectivity index (χ1v) is 6.43. The van der Waals surface area contributed by atoms with Crippen LogP contribution in [-0.2, 0) is 14.5 Å². The third-order valence-electron chi connectivity index (χ3n) is 3.20. The molecule has 0 aromatic rings. The number of rotatable bonds is 0. The minimum Gasteiger partial charge on any atom is -0.318 e. The highest BCUT2D eigenvalue weighted by molar-refractivity contribution is 4.56. The zero-order valence-electron chi connectivity index (χ0n) is 9.45. The normalized spacial score (nSPS) is 35.2. The molecule has 2 rings (SSSR count). The molecule has 0 aromatic heterocycles. The summed E-state index contributed by atoms with van der Waals surface area (Å²) in [7, 11) is 0. The Hall–Kier alpha value is -0.120. The molecule has 0 spiro atoms. The maximum atomic E-state index is 5.63. The van der Waals surface area contributed by atoms with E-state index < -0.39 is 0 Å². The average Bonchev–Trinajstić information content (AvgIpc) is 2.69. The zero-order valence-corrected chi connectivity index (χ0v) is 9.45. The fourth-order valence-electron chi connectivity index (χ4n) is 2.25. The van der Waals surface area contributed by atoms with Crippen LogP contribution < -0.4 is 0 Å². The molecular weight excluding hydrogens is 192 g/mol. The zero-order chi connectivity index (χ0) is 10.3. The first-order valence-electron chi connectivity index (χ1n) is 6.43. The van der Waals surface area contributed by atoms with E-state index in [4.69, 9.17) is 14.5 Å². The van der Waals surface area contributed by atoms with Gasteiger partial charge in [-0.2, -0.15) is 0 Å². The van der Waals surface area contributed by atoms with Gasteiger partial charge in [0.2, 0.25) is 0 Å². The summed E-state index contributed by atoms with van der Waals surface area (Å²) in [6.45, 7) is 0. The molecule has 0 amide bonds. The van der Waals surface area contributed by atoms with Gasteiger partial charge in [-0.3, -0.25) is 0 Å². The molecule has 0 aromatic carbocycles. The average molecular weight is 214 g/mol. The van der Waals surface area contributed by atoms with Crippen molar-refractivity contribution in [1.29, 1.82) is 0 Å². The number of ether oxygens (including phenoxy) is 1. The van der Waals surface area contributed by atoms with Crippen LogP contribution in [0.4, 0.5) is 0 Å². The summed E-state index contributed by atoms with van der Waals surface area (Å²) in [4.78, 5) is 10.3. The quantitative estimate of drug-likeness (QED) is 0.577. The highest BCUT2D eigenvalue weighted by atomic mass is 17.3. The van der Waals surface area contributed by atoms with Crippen molar-refractivity contribution in [3.8, 4) is 0 Å². The molecule has 0 aliphatic carbocycles. The molecule has 0 radical (unpaired) electrons. The summed E-state index contributed by atoms with van der Waals surface area (Å²) in [5.74, 6) is 0. The van der Waals surface area contributed by atoms with E-state index in [1.807, 2.05) is 0 Å². The van der Waals surface area contributed by atoms with Crippen LogP contribution in [0.15, 0.2) is 0 Å². The Morgan fingerprint density at radius 3 is 1.40 bits per heavy atom. The molecular formula is C12H22O3. The highest BCUT2D eigenvalue weighted by Gasteiger charge is 2.26. The minimum atomic E-state index is -0.101. The Kier molecular flexibility index (Phi) is 4.90. The molecule has 2 aliphatic rings. The summed E-state index contributed by atoms with van der Waals surface area (Å²) in [6, 6.07) is 0. The third-order valence-corrected chi connectivity index (χ3v) is 3.20. The lowest BCUT2D eigenvalue weighted by Crippen LogP contribution is -2.11. The Bertz CT molecular complexity index is 154. The lowest BCUT2D eigenvalue weighted by molar-refractivity contribution is -0.298. The predicted molar refractivity (Wildman–Crippen MR) is 57.0 cm³/mol. The van der Waals surface area contributed by atoms with Crippen LogP contribution in [0.2, 0.25) is 0 Å². The molecule has 2 bridgehead atoms. The van der Waals surface area contributed by atoms with Crippen LogP contribution in [0.1, 0.15) is 64.2 Å². The van der Waals surface area contributed by atoms with E-state index in [2.05, 4.69) is 0 Å². The summed E-state index contributed by atoms with van der Waals surface area (Å²) >= 11 is 0. The van der Waals surface area contributed by atoms with E-state index in [0.717, 1.165) is 12.8 Å². The summed E-state index contributed by atoms with van der Waals surface area (Å²) < 4.78 is 5.63. The van der Waals surface area contributed by atoms with Gasteiger partial charge in [0, 0.05) is 12.8 Å².